The first-order valence-electron chi connectivity index (χ1n) is 6.09. The number of carboxylic acid groups (broad SMARTS) is 1. The van der Waals surface area contributed by atoms with Crippen molar-refractivity contribution in [2.75, 3.05) is 13.1 Å². The number of carbonyl (C=O) groups is 2. The van der Waals surface area contributed by atoms with Gasteiger partial charge in [0, 0.05) is 18.3 Å². The van der Waals surface area contributed by atoms with Crippen LogP contribution in [-0.2, 0) is 11.2 Å². The minimum atomic E-state index is -1.17. The molecule has 0 aliphatic carbocycles. The Kier molecular flexibility index (Phi) is 4.20. The summed E-state index contributed by atoms with van der Waals surface area (Å²) in [7, 11) is 0. The van der Waals surface area contributed by atoms with E-state index < -0.39 is 30.3 Å². The van der Waals surface area contributed by atoms with E-state index in [2.05, 4.69) is 15.3 Å². The van der Waals surface area contributed by atoms with Crippen LogP contribution in [-0.4, -0.2) is 73.5 Å². The molecule has 5 N–H and O–H groups in total. The van der Waals surface area contributed by atoms with E-state index in [0.717, 1.165) is 0 Å². The molecular weight excluding hydrogens is 268 g/mol. The summed E-state index contributed by atoms with van der Waals surface area (Å²) in [4.78, 5) is 30.7. The largest absolute Gasteiger partial charge is 0.480 e. The highest BCUT2D eigenvalue weighted by molar-refractivity contribution is 5.83. The zero-order valence-corrected chi connectivity index (χ0v) is 10.6. The smallest absolute Gasteiger partial charge is 0.326 e. The Morgan fingerprint density at radius 2 is 2.10 bits per heavy atom. The van der Waals surface area contributed by atoms with Gasteiger partial charge in [-0.3, -0.25) is 0 Å². The van der Waals surface area contributed by atoms with Crippen LogP contribution in [0, 0.1) is 0 Å². The number of carbonyl (C=O) groups excluding carboxylic acids is 1. The van der Waals surface area contributed by atoms with Gasteiger partial charge in [0.1, 0.15) is 6.04 Å². The summed E-state index contributed by atoms with van der Waals surface area (Å²) in [5.41, 5.74) is 0.583. The first-order chi connectivity index (χ1) is 9.47. The van der Waals surface area contributed by atoms with Gasteiger partial charge < -0.3 is 30.5 Å². The number of amides is 2. The highest BCUT2D eigenvalue weighted by Crippen LogP contribution is 2.10. The van der Waals surface area contributed by atoms with E-state index in [1.54, 1.807) is 0 Å². The molecule has 1 saturated heterocycles. The molecule has 1 fully saturated rings. The maximum Gasteiger partial charge on any atom is 0.326 e. The molecule has 2 rings (SSSR count). The molecule has 1 aromatic heterocycles. The first kappa shape index (κ1) is 14.3. The van der Waals surface area contributed by atoms with E-state index in [1.807, 2.05) is 0 Å². The number of aromatic nitrogens is 2. The van der Waals surface area contributed by atoms with Gasteiger partial charge in [-0.2, -0.15) is 0 Å². The van der Waals surface area contributed by atoms with Crippen molar-refractivity contribution in [2.24, 2.45) is 0 Å². The van der Waals surface area contributed by atoms with Crippen LogP contribution in [0.3, 0.4) is 0 Å². The van der Waals surface area contributed by atoms with Crippen molar-refractivity contribution in [1.29, 1.82) is 0 Å². The quantitative estimate of drug-likeness (QED) is 0.440. The van der Waals surface area contributed by atoms with Crippen molar-refractivity contribution >= 4 is 12.0 Å². The zero-order valence-electron chi connectivity index (χ0n) is 10.6. The molecular formula is C11H16N4O5. The number of urea groups is 1. The number of β-amino-alcohol motifs (C(OH)–C–C–N with tert-alkyl or cyclic N) is 2. The Hall–Kier alpha value is -2.13. The molecule has 0 saturated carbocycles. The SMILES string of the molecule is O=C(O)[C@@H](Cc1cnc[nH]1)NC(=O)N1CC(O)C(O)C1. The second-order valence-electron chi connectivity index (χ2n) is 4.66. The minimum Gasteiger partial charge on any atom is -0.480 e. The van der Waals surface area contributed by atoms with Crippen LogP contribution in [0.15, 0.2) is 12.5 Å². The lowest BCUT2D eigenvalue weighted by molar-refractivity contribution is -0.139. The van der Waals surface area contributed by atoms with Crippen molar-refractivity contribution in [3.63, 3.8) is 0 Å². The number of nitrogens with zero attached hydrogens (tertiary/aromatic N) is 2. The average Bonchev–Trinajstić information content (AvgIpc) is 2.99. The van der Waals surface area contributed by atoms with Gasteiger partial charge in [-0.05, 0) is 0 Å². The van der Waals surface area contributed by atoms with E-state index in [4.69, 9.17) is 5.11 Å². The van der Waals surface area contributed by atoms with Gasteiger partial charge in [-0.15, -0.1) is 0 Å². The molecule has 0 aromatic carbocycles. The van der Waals surface area contributed by atoms with E-state index in [0.29, 0.717) is 5.69 Å². The highest BCUT2D eigenvalue weighted by atomic mass is 16.4. The molecule has 0 radical (unpaired) electrons. The Balaban J connectivity index is 1.94. The van der Waals surface area contributed by atoms with Crippen LogP contribution < -0.4 is 5.32 Å². The van der Waals surface area contributed by atoms with Crippen LogP contribution in [0.25, 0.3) is 0 Å². The number of likely N-dealkylation sites (tertiary alicyclic amines) is 1. The second kappa shape index (κ2) is 5.88. The number of hydrogen-bond donors (Lipinski definition) is 5. The number of hydrogen-bond acceptors (Lipinski definition) is 5. The Morgan fingerprint density at radius 1 is 1.45 bits per heavy atom. The second-order valence-corrected chi connectivity index (χ2v) is 4.66. The first-order valence-corrected chi connectivity index (χ1v) is 6.09. The molecule has 2 amide bonds. The highest BCUT2D eigenvalue weighted by Gasteiger charge is 2.34. The summed E-state index contributed by atoms with van der Waals surface area (Å²) < 4.78 is 0. The summed E-state index contributed by atoms with van der Waals surface area (Å²) in [6, 6.07) is -1.75. The molecule has 1 aromatic rings. The van der Waals surface area contributed by atoms with Crippen molar-refractivity contribution in [1.82, 2.24) is 20.2 Å². The third-order valence-corrected chi connectivity index (χ3v) is 3.12. The maximum absolute atomic E-state index is 11.9. The van der Waals surface area contributed by atoms with Gasteiger partial charge in [0.25, 0.3) is 0 Å². The number of aromatic amines is 1. The molecule has 0 bridgehead atoms. The Bertz CT molecular complexity index is 467. The average molecular weight is 284 g/mol. The molecule has 9 heteroatoms. The summed E-state index contributed by atoms with van der Waals surface area (Å²) in [6.45, 7) is -0.0488. The molecule has 3 atom stereocenters. The molecule has 2 heterocycles. The van der Waals surface area contributed by atoms with Crippen LogP contribution in [0.2, 0.25) is 0 Å². The predicted molar refractivity (Wildman–Crippen MR) is 65.8 cm³/mol. The number of imidazole rings is 1. The predicted octanol–water partition coefficient (Wildman–Crippen LogP) is -1.85. The van der Waals surface area contributed by atoms with Gasteiger partial charge in [-0.1, -0.05) is 0 Å². The lowest BCUT2D eigenvalue weighted by Gasteiger charge is -2.20. The van der Waals surface area contributed by atoms with Crippen LogP contribution in [0.5, 0.6) is 0 Å². The van der Waals surface area contributed by atoms with Crippen molar-refractivity contribution in [3.8, 4) is 0 Å². The summed E-state index contributed by atoms with van der Waals surface area (Å²) >= 11 is 0. The summed E-state index contributed by atoms with van der Waals surface area (Å²) in [5.74, 6) is -1.17. The number of carboxylic acids is 1. The molecule has 110 valence electrons. The Labute approximate surface area is 114 Å². The standard InChI is InChI=1S/C11H16N4O5/c16-8-3-15(4-9(8)17)11(20)14-7(10(18)19)1-6-2-12-5-13-6/h2,5,7-9,16-17H,1,3-4H2,(H,12,13)(H,14,20)(H,18,19)/t7-,8?,9?/m1/s1. The van der Waals surface area contributed by atoms with Crippen LogP contribution >= 0.6 is 0 Å². The topological polar surface area (TPSA) is 139 Å². The van der Waals surface area contributed by atoms with E-state index in [1.165, 1.54) is 17.4 Å². The lowest BCUT2D eigenvalue weighted by Crippen LogP contribution is -2.48. The van der Waals surface area contributed by atoms with Crippen molar-refractivity contribution in [2.45, 2.75) is 24.7 Å². The summed E-state index contributed by atoms with van der Waals surface area (Å²) in [6.07, 6.45) is 0.961. The monoisotopic (exact) mass is 284 g/mol. The normalized spacial score (nSPS) is 23.6. The zero-order chi connectivity index (χ0) is 14.7. The third-order valence-electron chi connectivity index (χ3n) is 3.12. The maximum atomic E-state index is 11.9. The van der Waals surface area contributed by atoms with E-state index in [9.17, 15) is 19.8 Å². The molecule has 0 spiro atoms. The summed E-state index contributed by atoms with van der Waals surface area (Å²) in [5, 5.41) is 30.2. The van der Waals surface area contributed by atoms with Gasteiger partial charge in [0.15, 0.2) is 0 Å². The van der Waals surface area contributed by atoms with Crippen LogP contribution in [0.1, 0.15) is 5.69 Å². The fourth-order valence-electron chi connectivity index (χ4n) is 1.99. The van der Waals surface area contributed by atoms with Gasteiger partial charge in [0.2, 0.25) is 0 Å². The molecule has 1 aliphatic rings. The van der Waals surface area contributed by atoms with E-state index in [-0.39, 0.29) is 19.5 Å². The fraction of sp³-hybridized carbons (Fsp3) is 0.545. The Morgan fingerprint density at radius 3 is 2.60 bits per heavy atom. The molecule has 1 aliphatic heterocycles. The van der Waals surface area contributed by atoms with Gasteiger partial charge >= 0.3 is 12.0 Å². The van der Waals surface area contributed by atoms with Gasteiger partial charge in [-0.25, -0.2) is 14.6 Å². The third kappa shape index (κ3) is 3.25. The molecule has 2 unspecified atom stereocenters. The van der Waals surface area contributed by atoms with Crippen molar-refractivity contribution < 1.29 is 24.9 Å². The lowest BCUT2D eigenvalue weighted by atomic mass is 10.1. The number of rotatable bonds is 4. The van der Waals surface area contributed by atoms with E-state index >= 15 is 0 Å². The minimum absolute atomic E-state index is 0.0244. The number of aliphatic carboxylic acids is 1. The fourth-order valence-corrected chi connectivity index (χ4v) is 1.99. The molecule has 9 nitrogen and oxygen atoms in total. The molecule has 20 heavy (non-hydrogen) atoms. The number of aliphatic hydroxyl groups excluding tert-OH is 2. The number of aliphatic hydroxyl groups is 2. The van der Waals surface area contributed by atoms with Crippen molar-refractivity contribution in [3.05, 3.63) is 18.2 Å². The number of nitrogens with one attached hydrogen (secondary N) is 2. The van der Waals surface area contributed by atoms with Gasteiger partial charge in [0.05, 0.1) is 31.6 Å². The van der Waals surface area contributed by atoms with Crippen LogP contribution in [0.4, 0.5) is 4.79 Å². The number of H-pyrrole nitrogens is 1.